The normalized spacial score (nSPS) is 18.4. The zero-order valence-electron chi connectivity index (χ0n) is 22.0. The number of carbonyl (C=O) groups excluding carboxylic acids is 2. The fourth-order valence-electron chi connectivity index (χ4n) is 4.93. The number of benzene rings is 2. The second-order valence-electron chi connectivity index (χ2n) is 10.7. The number of carbonyl (C=O) groups is 2. The van der Waals surface area contributed by atoms with Crippen molar-refractivity contribution in [3.63, 3.8) is 0 Å². The minimum Gasteiger partial charge on any atom is -0.489 e. The summed E-state index contributed by atoms with van der Waals surface area (Å²) >= 11 is 0. The molecule has 1 aliphatic heterocycles. The van der Waals surface area contributed by atoms with Gasteiger partial charge in [-0.25, -0.2) is 5.48 Å². The molecule has 8 heteroatoms. The number of nitrogens with zero attached hydrogens (tertiary/aromatic N) is 2. The number of nitrogens with one attached hydrogen (secondary N) is 2. The van der Waals surface area contributed by atoms with Gasteiger partial charge in [0.1, 0.15) is 12.4 Å². The lowest BCUT2D eigenvalue weighted by Gasteiger charge is -2.45. The SMILES string of the molecule is Cc1cc(COc2ccc(C(=O)N[C@@H]3CN(C(C)(C)C)CC[C@H]3CC(=O)NO)cc2)c2ccccc2n1. The van der Waals surface area contributed by atoms with Crippen molar-refractivity contribution in [2.75, 3.05) is 13.1 Å². The van der Waals surface area contributed by atoms with Crippen LogP contribution in [-0.2, 0) is 11.4 Å². The van der Waals surface area contributed by atoms with Gasteiger partial charge in [-0.05, 0) is 83.0 Å². The maximum Gasteiger partial charge on any atom is 0.251 e. The zero-order valence-corrected chi connectivity index (χ0v) is 22.0. The van der Waals surface area contributed by atoms with E-state index in [1.165, 1.54) is 0 Å². The van der Waals surface area contributed by atoms with Gasteiger partial charge in [-0.2, -0.15) is 0 Å². The van der Waals surface area contributed by atoms with Gasteiger partial charge >= 0.3 is 0 Å². The predicted octanol–water partition coefficient (Wildman–Crippen LogP) is 4.24. The smallest absolute Gasteiger partial charge is 0.251 e. The number of hydrogen-bond acceptors (Lipinski definition) is 6. The largest absolute Gasteiger partial charge is 0.489 e. The molecule has 0 spiro atoms. The topological polar surface area (TPSA) is 104 Å². The first-order valence-corrected chi connectivity index (χ1v) is 12.7. The van der Waals surface area contributed by atoms with E-state index >= 15 is 0 Å². The van der Waals surface area contributed by atoms with Gasteiger partial charge < -0.3 is 10.1 Å². The van der Waals surface area contributed by atoms with E-state index in [9.17, 15) is 9.59 Å². The first-order chi connectivity index (χ1) is 17.6. The molecule has 0 radical (unpaired) electrons. The summed E-state index contributed by atoms with van der Waals surface area (Å²) < 4.78 is 6.03. The van der Waals surface area contributed by atoms with E-state index in [0.717, 1.165) is 35.1 Å². The summed E-state index contributed by atoms with van der Waals surface area (Å²) in [6.07, 6.45) is 0.918. The Morgan fingerprint density at radius 1 is 1.14 bits per heavy atom. The number of hydrogen-bond donors (Lipinski definition) is 3. The summed E-state index contributed by atoms with van der Waals surface area (Å²) in [5, 5.41) is 13.2. The lowest BCUT2D eigenvalue weighted by atomic mass is 9.86. The molecule has 2 aromatic carbocycles. The Kier molecular flexibility index (Phi) is 8.10. The average Bonchev–Trinajstić information content (AvgIpc) is 2.87. The maximum absolute atomic E-state index is 13.1. The molecule has 8 nitrogen and oxygen atoms in total. The quantitative estimate of drug-likeness (QED) is 0.329. The third-order valence-corrected chi connectivity index (χ3v) is 7.03. The fraction of sp³-hybridized carbons (Fsp3) is 0.414. The van der Waals surface area contributed by atoms with Crippen molar-refractivity contribution in [2.45, 2.75) is 58.7 Å². The Bertz CT molecular complexity index is 1250. The Morgan fingerprint density at radius 2 is 1.86 bits per heavy atom. The molecule has 1 aromatic heterocycles. The van der Waals surface area contributed by atoms with Gasteiger partial charge in [-0.15, -0.1) is 0 Å². The van der Waals surface area contributed by atoms with Crippen molar-refractivity contribution in [1.29, 1.82) is 0 Å². The number of pyridine rings is 1. The molecule has 0 saturated carbocycles. The van der Waals surface area contributed by atoms with Crippen LogP contribution in [0.3, 0.4) is 0 Å². The van der Waals surface area contributed by atoms with E-state index in [1.54, 1.807) is 29.7 Å². The van der Waals surface area contributed by atoms with Gasteiger partial charge in [0.15, 0.2) is 0 Å². The Morgan fingerprint density at radius 3 is 2.57 bits per heavy atom. The molecule has 3 aromatic rings. The molecule has 0 unspecified atom stereocenters. The minimum atomic E-state index is -0.438. The van der Waals surface area contributed by atoms with Crippen LogP contribution < -0.4 is 15.5 Å². The molecule has 2 atom stereocenters. The van der Waals surface area contributed by atoms with E-state index in [4.69, 9.17) is 9.94 Å². The van der Waals surface area contributed by atoms with Gasteiger partial charge in [-0.1, -0.05) is 18.2 Å². The number of aryl methyl sites for hydroxylation is 1. The molecule has 3 N–H and O–H groups in total. The summed E-state index contributed by atoms with van der Waals surface area (Å²) in [7, 11) is 0. The van der Waals surface area contributed by atoms with Gasteiger partial charge in [-0.3, -0.25) is 24.7 Å². The van der Waals surface area contributed by atoms with Crippen LogP contribution in [0.15, 0.2) is 54.6 Å². The van der Waals surface area contributed by atoms with Crippen LogP contribution in [0.25, 0.3) is 10.9 Å². The maximum atomic E-state index is 13.1. The highest BCUT2D eigenvalue weighted by Crippen LogP contribution is 2.27. The fourth-order valence-corrected chi connectivity index (χ4v) is 4.93. The third-order valence-electron chi connectivity index (χ3n) is 7.03. The van der Waals surface area contributed by atoms with Crippen molar-refractivity contribution in [3.8, 4) is 5.75 Å². The summed E-state index contributed by atoms with van der Waals surface area (Å²) in [6.45, 7) is 10.3. The number of hydroxylamine groups is 1. The van der Waals surface area contributed by atoms with Gasteiger partial charge in [0.25, 0.3) is 5.91 Å². The Balaban J connectivity index is 1.42. The molecular formula is C29H36N4O4. The van der Waals surface area contributed by atoms with Gasteiger partial charge in [0.2, 0.25) is 5.91 Å². The highest BCUT2D eigenvalue weighted by atomic mass is 16.5. The van der Waals surface area contributed by atoms with Crippen LogP contribution in [-0.4, -0.2) is 51.6 Å². The molecule has 37 heavy (non-hydrogen) atoms. The molecule has 0 bridgehead atoms. The summed E-state index contributed by atoms with van der Waals surface area (Å²) in [6, 6.07) is 16.9. The Labute approximate surface area is 218 Å². The van der Waals surface area contributed by atoms with Crippen molar-refractivity contribution in [3.05, 3.63) is 71.4 Å². The monoisotopic (exact) mass is 504 g/mol. The number of amides is 2. The summed E-state index contributed by atoms with van der Waals surface area (Å²) in [5.74, 6) is -0.0234. The standard InChI is InChI=1S/C29H36N4O4/c1-19-15-22(24-7-5-6-8-25(24)30-19)18-37-23-11-9-20(10-12-23)28(35)31-26-17-33(29(2,3)4)14-13-21(26)16-27(34)32-36/h5-12,15,21,26,36H,13-14,16-18H2,1-4H3,(H,31,35)(H,32,34)/t21-,26+/m0/s1. The number of rotatable bonds is 7. The number of para-hydroxylation sites is 1. The number of aromatic nitrogens is 1. The first-order valence-electron chi connectivity index (χ1n) is 12.7. The highest BCUT2D eigenvalue weighted by molar-refractivity contribution is 5.94. The zero-order chi connectivity index (χ0) is 26.6. The van der Waals surface area contributed by atoms with E-state index in [1.807, 2.05) is 37.3 Å². The predicted molar refractivity (Wildman–Crippen MR) is 142 cm³/mol. The van der Waals surface area contributed by atoms with Crippen molar-refractivity contribution in [2.24, 2.45) is 5.92 Å². The van der Waals surface area contributed by atoms with Gasteiger partial charge in [0, 0.05) is 46.8 Å². The lowest BCUT2D eigenvalue weighted by molar-refractivity contribution is -0.130. The average molecular weight is 505 g/mol. The third kappa shape index (κ3) is 6.64. The summed E-state index contributed by atoms with van der Waals surface area (Å²) in [4.78, 5) is 31.9. The van der Waals surface area contributed by atoms with Crippen LogP contribution in [0.5, 0.6) is 5.75 Å². The highest BCUT2D eigenvalue weighted by Gasteiger charge is 2.35. The van der Waals surface area contributed by atoms with E-state index in [2.05, 4.69) is 36.0 Å². The minimum absolute atomic E-state index is 0.0507. The van der Waals surface area contributed by atoms with Crippen LogP contribution >= 0.6 is 0 Å². The van der Waals surface area contributed by atoms with E-state index in [0.29, 0.717) is 24.5 Å². The van der Waals surface area contributed by atoms with Crippen LogP contribution in [0.1, 0.15) is 55.2 Å². The van der Waals surface area contributed by atoms with Crippen molar-refractivity contribution in [1.82, 2.24) is 20.7 Å². The van der Waals surface area contributed by atoms with Crippen LogP contribution in [0, 0.1) is 12.8 Å². The van der Waals surface area contributed by atoms with Gasteiger partial charge in [0.05, 0.1) is 5.52 Å². The van der Waals surface area contributed by atoms with Crippen LogP contribution in [0.2, 0.25) is 0 Å². The second kappa shape index (κ2) is 11.3. The molecule has 1 saturated heterocycles. The second-order valence-corrected chi connectivity index (χ2v) is 10.7. The number of fused-ring (bicyclic) bond motifs is 1. The van der Waals surface area contributed by atoms with E-state index < -0.39 is 5.91 Å². The molecular weight excluding hydrogens is 468 g/mol. The molecule has 2 amide bonds. The Hall–Kier alpha value is -3.49. The number of ether oxygens (including phenoxy) is 1. The number of likely N-dealkylation sites (tertiary alicyclic amines) is 1. The summed E-state index contributed by atoms with van der Waals surface area (Å²) in [5.41, 5.74) is 5.13. The molecule has 1 aliphatic rings. The van der Waals surface area contributed by atoms with Crippen molar-refractivity contribution < 1.29 is 19.5 Å². The van der Waals surface area contributed by atoms with Crippen LogP contribution in [0.4, 0.5) is 0 Å². The first kappa shape index (κ1) is 26.6. The molecule has 196 valence electrons. The lowest BCUT2D eigenvalue weighted by Crippen LogP contribution is -2.57. The molecule has 0 aliphatic carbocycles. The molecule has 2 heterocycles. The van der Waals surface area contributed by atoms with E-state index in [-0.39, 0.29) is 29.8 Å². The molecule has 4 rings (SSSR count). The number of piperidine rings is 1. The molecule has 1 fully saturated rings. The van der Waals surface area contributed by atoms with Crippen molar-refractivity contribution >= 4 is 22.7 Å².